The third-order valence-electron chi connectivity index (χ3n) is 11.9. The van der Waals surface area contributed by atoms with Gasteiger partial charge in [-0.25, -0.2) is 0 Å². The molecule has 0 aromatic carbocycles. The molecule has 0 aromatic rings. The van der Waals surface area contributed by atoms with E-state index in [9.17, 15) is 19.5 Å². The van der Waals surface area contributed by atoms with Crippen molar-refractivity contribution in [2.75, 3.05) is 47.5 Å². The first-order valence-electron chi connectivity index (χ1n) is 29.3. The van der Waals surface area contributed by atoms with E-state index in [2.05, 4.69) is 148 Å². The predicted octanol–water partition coefficient (Wildman–Crippen LogP) is 16.1. The van der Waals surface area contributed by atoms with E-state index in [1.165, 1.54) is 64.2 Å². The number of ether oxygens (including phenoxy) is 4. The fourth-order valence-corrected chi connectivity index (χ4v) is 7.38. The number of nitrogens with zero attached hydrogens (tertiary/aromatic N) is 1. The zero-order valence-electron chi connectivity index (χ0n) is 48.1. The van der Waals surface area contributed by atoms with Gasteiger partial charge in [0.1, 0.15) is 13.2 Å². The first-order valence-corrected chi connectivity index (χ1v) is 29.3. The second kappa shape index (κ2) is 55.7. The van der Waals surface area contributed by atoms with E-state index in [1.54, 1.807) is 0 Å². The number of aliphatic carboxylic acids is 1. The molecule has 0 spiro atoms. The quantitative estimate of drug-likeness (QED) is 0.0195. The molecule has 9 nitrogen and oxygen atoms in total. The number of likely N-dealkylation sites (N-methyl/N-ethyl adjacent to an activating group) is 1. The maximum Gasteiger partial charge on any atom is 0.306 e. The van der Waals surface area contributed by atoms with Crippen molar-refractivity contribution < 1.29 is 42.9 Å². The number of unbranched alkanes of at least 4 members (excludes halogenated alkanes) is 15. The van der Waals surface area contributed by atoms with Gasteiger partial charge in [0.05, 0.1) is 40.3 Å². The lowest BCUT2D eigenvalue weighted by atomic mass is 10.1. The second-order valence-corrected chi connectivity index (χ2v) is 20.2. The number of carbonyl (C=O) groups is 3. The summed E-state index contributed by atoms with van der Waals surface area (Å²) in [5.74, 6) is -2.37. The van der Waals surface area contributed by atoms with Crippen molar-refractivity contribution in [3.63, 3.8) is 0 Å². The fourth-order valence-electron chi connectivity index (χ4n) is 7.38. The average molecular weight is 1040 g/mol. The van der Waals surface area contributed by atoms with E-state index < -0.39 is 24.3 Å². The SMILES string of the molecule is CC/C=C\C/C=C\C/C=C\C/C=C\C/C=C\C/C=C\C/C=C\C/C=C\CCCCC(=O)OC(COC(=O)CCCCCCCCCC/C=C\C/C=C\C/C=C\CCCCCCC)COC(OCC[N+](C)(C)C)C(=O)[O-]. The number of quaternary nitrogens is 1. The Morgan fingerprint density at radius 1 is 0.413 bits per heavy atom. The summed E-state index contributed by atoms with van der Waals surface area (Å²) < 4.78 is 22.6. The summed E-state index contributed by atoms with van der Waals surface area (Å²) in [6.07, 6.45) is 76.4. The first kappa shape index (κ1) is 70.4. The van der Waals surface area contributed by atoms with Crippen LogP contribution >= 0.6 is 0 Å². The van der Waals surface area contributed by atoms with Gasteiger partial charge in [-0.2, -0.15) is 0 Å². The monoisotopic (exact) mass is 1040 g/mol. The summed E-state index contributed by atoms with van der Waals surface area (Å²) in [5, 5.41) is 11.8. The molecule has 0 bridgehead atoms. The van der Waals surface area contributed by atoms with Crippen LogP contribution in [0.15, 0.2) is 134 Å². The topological polar surface area (TPSA) is 111 Å². The predicted molar refractivity (Wildman–Crippen MR) is 315 cm³/mol. The number of esters is 2. The Labute approximate surface area is 459 Å². The minimum Gasteiger partial charge on any atom is -0.545 e. The third kappa shape index (κ3) is 57.0. The Bertz CT molecular complexity index is 1690. The van der Waals surface area contributed by atoms with Crippen LogP contribution < -0.4 is 5.11 Å². The molecular formula is C66H107NO8. The summed E-state index contributed by atoms with van der Waals surface area (Å²) in [4.78, 5) is 37.3. The van der Waals surface area contributed by atoms with Crippen molar-refractivity contribution in [1.29, 1.82) is 0 Å². The summed E-state index contributed by atoms with van der Waals surface area (Å²) in [6.45, 7) is 4.54. The molecule has 0 rings (SSSR count). The van der Waals surface area contributed by atoms with Crippen molar-refractivity contribution in [2.45, 2.75) is 219 Å². The normalized spacial score (nSPS) is 13.8. The summed E-state index contributed by atoms with van der Waals surface area (Å²) in [6, 6.07) is 0. The van der Waals surface area contributed by atoms with E-state index in [0.717, 1.165) is 109 Å². The zero-order valence-corrected chi connectivity index (χ0v) is 48.1. The van der Waals surface area contributed by atoms with E-state index in [-0.39, 0.29) is 38.6 Å². The van der Waals surface area contributed by atoms with Crippen LogP contribution in [-0.4, -0.2) is 82.3 Å². The molecule has 9 heteroatoms. The van der Waals surface area contributed by atoms with Gasteiger partial charge in [0.15, 0.2) is 12.4 Å². The molecule has 0 fully saturated rings. The maximum absolute atomic E-state index is 12.9. The highest BCUT2D eigenvalue weighted by Gasteiger charge is 2.22. The van der Waals surface area contributed by atoms with Crippen LogP contribution in [0.4, 0.5) is 0 Å². The number of allylic oxidation sites excluding steroid dienone is 22. The highest BCUT2D eigenvalue weighted by molar-refractivity contribution is 5.70. The minimum atomic E-state index is -1.65. The Balaban J connectivity index is 4.41. The largest absolute Gasteiger partial charge is 0.545 e. The first-order chi connectivity index (χ1) is 36.6. The third-order valence-corrected chi connectivity index (χ3v) is 11.9. The van der Waals surface area contributed by atoms with Crippen LogP contribution in [0.2, 0.25) is 0 Å². The van der Waals surface area contributed by atoms with Crippen molar-refractivity contribution in [1.82, 2.24) is 0 Å². The van der Waals surface area contributed by atoms with Crippen LogP contribution in [0.3, 0.4) is 0 Å². The highest BCUT2D eigenvalue weighted by atomic mass is 16.7. The van der Waals surface area contributed by atoms with E-state index in [4.69, 9.17) is 18.9 Å². The second-order valence-electron chi connectivity index (χ2n) is 20.2. The molecule has 0 amide bonds. The number of carboxylic acid groups (broad SMARTS) is 1. The molecule has 424 valence electrons. The molecule has 2 unspecified atom stereocenters. The number of carboxylic acids is 1. The fraction of sp³-hybridized carbons (Fsp3) is 0.621. The average Bonchev–Trinajstić information content (AvgIpc) is 3.38. The van der Waals surface area contributed by atoms with Gasteiger partial charge in [0.2, 0.25) is 0 Å². The molecule has 0 N–H and O–H groups in total. The molecular weight excluding hydrogens is 935 g/mol. The van der Waals surface area contributed by atoms with E-state index in [1.807, 2.05) is 21.1 Å². The van der Waals surface area contributed by atoms with Gasteiger partial charge in [0, 0.05) is 12.8 Å². The number of rotatable bonds is 52. The lowest BCUT2D eigenvalue weighted by Crippen LogP contribution is -2.44. The smallest absolute Gasteiger partial charge is 0.306 e. The van der Waals surface area contributed by atoms with Gasteiger partial charge < -0.3 is 33.3 Å². The van der Waals surface area contributed by atoms with Crippen LogP contribution in [0.5, 0.6) is 0 Å². The van der Waals surface area contributed by atoms with Crippen LogP contribution in [-0.2, 0) is 33.3 Å². The van der Waals surface area contributed by atoms with E-state index in [0.29, 0.717) is 17.4 Å². The van der Waals surface area contributed by atoms with Crippen LogP contribution in [0.1, 0.15) is 206 Å². The van der Waals surface area contributed by atoms with Crippen LogP contribution in [0, 0.1) is 0 Å². The highest BCUT2D eigenvalue weighted by Crippen LogP contribution is 2.13. The standard InChI is InChI=1S/C66H107NO8/c1-6-8-10-12-14-16-18-20-22-24-26-28-30-31-32-33-35-37-39-41-43-45-47-49-51-53-55-57-64(69)75-62(61-74-66(65(70)71)72-59-58-67(3,4)5)60-73-63(68)56-54-52-50-48-46-44-42-40-38-36-34-29-27-25-23-21-19-17-15-13-11-9-7-2/h8,10,14,16,19-22,25-28,31-32,34-37,41,43,47,49,62,66H,6-7,9,11-13,15,17-18,23-24,29-30,33,38-40,42,44-46,48,50-61H2,1-5H3/b10-8-,16-14-,21-19-,22-20-,27-25-,28-26-,32-31-,36-34-,37-35-,43-41-,49-47-. The van der Waals surface area contributed by atoms with Crippen molar-refractivity contribution >= 4 is 17.9 Å². The summed E-state index contributed by atoms with van der Waals surface area (Å²) in [5.41, 5.74) is 0. The minimum absolute atomic E-state index is 0.130. The van der Waals surface area contributed by atoms with Gasteiger partial charge in [-0.1, -0.05) is 212 Å². The van der Waals surface area contributed by atoms with Crippen molar-refractivity contribution in [3.8, 4) is 0 Å². The number of hydrogen-bond acceptors (Lipinski definition) is 8. The van der Waals surface area contributed by atoms with Crippen molar-refractivity contribution in [2.24, 2.45) is 0 Å². The van der Waals surface area contributed by atoms with Gasteiger partial charge in [0.25, 0.3) is 0 Å². The Hall–Kier alpha value is -4.57. The molecule has 0 saturated heterocycles. The molecule has 0 aliphatic carbocycles. The molecule has 0 aromatic heterocycles. The Kier molecular flexibility index (Phi) is 52.3. The van der Waals surface area contributed by atoms with Crippen molar-refractivity contribution in [3.05, 3.63) is 134 Å². The molecule has 75 heavy (non-hydrogen) atoms. The van der Waals surface area contributed by atoms with E-state index >= 15 is 0 Å². The Morgan fingerprint density at radius 2 is 0.760 bits per heavy atom. The maximum atomic E-state index is 12.9. The van der Waals surface area contributed by atoms with Crippen LogP contribution in [0.25, 0.3) is 0 Å². The number of carbonyl (C=O) groups excluding carboxylic acids is 3. The van der Waals surface area contributed by atoms with Gasteiger partial charge in [-0.15, -0.1) is 0 Å². The van der Waals surface area contributed by atoms with Gasteiger partial charge >= 0.3 is 11.9 Å². The van der Waals surface area contributed by atoms with Gasteiger partial charge in [-0.05, 0) is 116 Å². The molecule has 0 saturated carbocycles. The lowest BCUT2D eigenvalue weighted by molar-refractivity contribution is -0.870. The summed E-state index contributed by atoms with van der Waals surface area (Å²) in [7, 11) is 5.89. The lowest BCUT2D eigenvalue weighted by Gasteiger charge is -2.26. The number of hydrogen-bond donors (Lipinski definition) is 0. The molecule has 0 aliphatic heterocycles. The molecule has 2 atom stereocenters. The molecule has 0 heterocycles. The molecule has 0 radical (unpaired) electrons. The summed E-state index contributed by atoms with van der Waals surface area (Å²) >= 11 is 0. The zero-order chi connectivity index (χ0) is 54.8. The molecule has 0 aliphatic rings. The Morgan fingerprint density at radius 3 is 1.16 bits per heavy atom. The van der Waals surface area contributed by atoms with Gasteiger partial charge in [-0.3, -0.25) is 9.59 Å².